The van der Waals surface area contributed by atoms with E-state index in [1.54, 1.807) is 12.1 Å². The lowest BCUT2D eigenvalue weighted by Crippen LogP contribution is -2.31. The van der Waals surface area contributed by atoms with Crippen molar-refractivity contribution in [1.82, 2.24) is 0 Å². The maximum atomic E-state index is 12.2. The first-order valence-corrected chi connectivity index (χ1v) is 9.49. The summed E-state index contributed by atoms with van der Waals surface area (Å²) in [6.07, 6.45) is 6.35. The minimum Gasteiger partial charge on any atom is -0.507 e. The Morgan fingerprint density at radius 3 is 1.58 bits per heavy atom. The van der Waals surface area contributed by atoms with E-state index in [9.17, 15) is 14.7 Å². The number of phenols is 1. The van der Waals surface area contributed by atoms with Gasteiger partial charge >= 0.3 is 0 Å². The predicted octanol–water partition coefficient (Wildman–Crippen LogP) is 4.98. The van der Waals surface area contributed by atoms with Gasteiger partial charge < -0.3 is 5.11 Å². The van der Waals surface area contributed by atoms with Gasteiger partial charge in [0.1, 0.15) is 5.75 Å². The Balaban J connectivity index is 2.71. The SMILES string of the molecule is CCCC(C)(C)c1cc(N2C(=O)C=CC2=O)cc(C(C)(C)CCC)c1O. The zero-order valence-electron chi connectivity index (χ0n) is 16.8. The fraction of sp³-hybridized carbons (Fsp3) is 0.545. The van der Waals surface area contributed by atoms with Crippen molar-refractivity contribution < 1.29 is 14.7 Å². The number of carbonyl (C=O) groups excluding carboxylic acids is 2. The molecule has 4 heteroatoms. The zero-order valence-corrected chi connectivity index (χ0v) is 16.8. The maximum absolute atomic E-state index is 12.2. The van der Waals surface area contributed by atoms with Crippen molar-refractivity contribution >= 4 is 17.5 Å². The van der Waals surface area contributed by atoms with Crippen LogP contribution in [0.5, 0.6) is 5.75 Å². The topological polar surface area (TPSA) is 57.6 Å². The van der Waals surface area contributed by atoms with Crippen LogP contribution in [-0.2, 0) is 20.4 Å². The molecule has 0 bridgehead atoms. The van der Waals surface area contributed by atoms with Crippen molar-refractivity contribution in [3.05, 3.63) is 35.4 Å². The summed E-state index contributed by atoms with van der Waals surface area (Å²) in [6, 6.07) is 3.61. The number of amides is 2. The molecule has 0 saturated carbocycles. The number of imide groups is 1. The van der Waals surface area contributed by atoms with Crippen molar-refractivity contribution in [2.45, 2.75) is 78.1 Å². The first-order valence-electron chi connectivity index (χ1n) is 9.49. The molecular weight excluding hydrogens is 326 g/mol. The molecule has 0 radical (unpaired) electrons. The second-order valence-corrected chi connectivity index (χ2v) is 8.50. The van der Waals surface area contributed by atoms with Gasteiger partial charge in [-0.2, -0.15) is 0 Å². The lowest BCUT2D eigenvalue weighted by molar-refractivity contribution is -0.119. The molecule has 1 aromatic rings. The number of rotatable bonds is 7. The largest absolute Gasteiger partial charge is 0.507 e. The minimum atomic E-state index is -0.334. The molecular formula is C22H31NO3. The van der Waals surface area contributed by atoms with Crippen LogP contribution in [0.25, 0.3) is 0 Å². The molecule has 1 N–H and O–H groups in total. The van der Waals surface area contributed by atoms with Crippen LogP contribution in [0.15, 0.2) is 24.3 Å². The Labute approximate surface area is 156 Å². The Morgan fingerprint density at radius 2 is 1.23 bits per heavy atom. The van der Waals surface area contributed by atoms with Gasteiger partial charge in [-0.3, -0.25) is 9.59 Å². The molecule has 26 heavy (non-hydrogen) atoms. The monoisotopic (exact) mass is 357 g/mol. The third-order valence-electron chi connectivity index (χ3n) is 5.37. The van der Waals surface area contributed by atoms with Crippen LogP contribution in [0.3, 0.4) is 0 Å². The predicted molar refractivity (Wildman–Crippen MR) is 106 cm³/mol. The smallest absolute Gasteiger partial charge is 0.258 e. The van der Waals surface area contributed by atoms with Gasteiger partial charge in [0.05, 0.1) is 5.69 Å². The second-order valence-electron chi connectivity index (χ2n) is 8.50. The Kier molecular flexibility index (Phi) is 5.64. The van der Waals surface area contributed by atoms with Gasteiger partial charge in [-0.05, 0) is 35.8 Å². The molecule has 0 saturated heterocycles. The molecule has 0 fully saturated rings. The van der Waals surface area contributed by atoms with Gasteiger partial charge in [-0.1, -0.05) is 54.4 Å². The molecule has 0 atom stereocenters. The van der Waals surface area contributed by atoms with Crippen molar-refractivity contribution in [2.75, 3.05) is 4.90 Å². The van der Waals surface area contributed by atoms with E-state index in [4.69, 9.17) is 0 Å². The van der Waals surface area contributed by atoms with E-state index in [1.165, 1.54) is 17.1 Å². The maximum Gasteiger partial charge on any atom is 0.258 e. The lowest BCUT2D eigenvalue weighted by atomic mass is 9.74. The van der Waals surface area contributed by atoms with Crippen LogP contribution in [0.1, 0.15) is 78.4 Å². The quantitative estimate of drug-likeness (QED) is 0.700. The highest BCUT2D eigenvalue weighted by Crippen LogP contribution is 2.45. The summed E-state index contributed by atoms with van der Waals surface area (Å²) < 4.78 is 0. The van der Waals surface area contributed by atoms with E-state index in [-0.39, 0.29) is 28.4 Å². The molecule has 0 spiro atoms. The number of anilines is 1. The van der Waals surface area contributed by atoms with Crippen molar-refractivity contribution in [2.24, 2.45) is 0 Å². The summed E-state index contributed by atoms with van der Waals surface area (Å²) in [7, 11) is 0. The van der Waals surface area contributed by atoms with Crippen molar-refractivity contribution in [3.63, 3.8) is 0 Å². The molecule has 0 aliphatic carbocycles. The highest BCUT2D eigenvalue weighted by atomic mass is 16.3. The number of carbonyl (C=O) groups is 2. The zero-order chi connectivity index (χ0) is 19.7. The van der Waals surface area contributed by atoms with Crippen molar-refractivity contribution in [3.8, 4) is 5.75 Å². The third-order valence-corrected chi connectivity index (χ3v) is 5.37. The minimum absolute atomic E-state index is 0.259. The molecule has 142 valence electrons. The molecule has 1 aromatic carbocycles. The Bertz CT molecular complexity index is 687. The van der Waals surface area contributed by atoms with E-state index in [0.29, 0.717) is 5.69 Å². The Morgan fingerprint density at radius 1 is 0.846 bits per heavy atom. The van der Waals surface area contributed by atoms with Gasteiger partial charge in [0.25, 0.3) is 11.8 Å². The number of aromatic hydroxyl groups is 1. The average Bonchev–Trinajstić information content (AvgIpc) is 2.86. The first-order chi connectivity index (χ1) is 12.0. The molecule has 0 aromatic heterocycles. The number of hydrogen-bond donors (Lipinski definition) is 1. The van der Waals surface area contributed by atoms with Crippen LogP contribution in [-0.4, -0.2) is 16.9 Å². The van der Waals surface area contributed by atoms with Gasteiger partial charge in [0.2, 0.25) is 0 Å². The van der Waals surface area contributed by atoms with Gasteiger partial charge in [-0.25, -0.2) is 4.90 Å². The standard InChI is InChI=1S/C22H31NO3/c1-7-11-21(3,4)16-13-15(23-18(24)9-10-19(23)25)14-17(20(16)26)22(5,6)12-8-2/h9-10,13-14,26H,7-8,11-12H2,1-6H3. The summed E-state index contributed by atoms with van der Waals surface area (Å²) >= 11 is 0. The number of hydrogen-bond acceptors (Lipinski definition) is 3. The molecule has 1 heterocycles. The lowest BCUT2D eigenvalue weighted by Gasteiger charge is -2.33. The second kappa shape index (κ2) is 7.26. The normalized spacial score (nSPS) is 15.2. The van der Waals surface area contributed by atoms with Crippen LogP contribution in [0.4, 0.5) is 5.69 Å². The number of phenolic OH excluding ortho intramolecular Hbond substituents is 1. The Hall–Kier alpha value is -2.10. The highest BCUT2D eigenvalue weighted by molar-refractivity contribution is 6.28. The summed E-state index contributed by atoms with van der Waals surface area (Å²) in [6.45, 7) is 12.6. The summed E-state index contributed by atoms with van der Waals surface area (Å²) in [5.41, 5.74) is 1.62. The van der Waals surface area contributed by atoms with Gasteiger partial charge in [0, 0.05) is 23.3 Å². The molecule has 4 nitrogen and oxygen atoms in total. The van der Waals surface area contributed by atoms with Crippen LogP contribution >= 0.6 is 0 Å². The average molecular weight is 357 g/mol. The molecule has 2 rings (SSSR count). The van der Waals surface area contributed by atoms with E-state index >= 15 is 0 Å². The first kappa shape index (κ1) is 20.2. The van der Waals surface area contributed by atoms with E-state index in [0.717, 1.165) is 36.8 Å². The highest BCUT2D eigenvalue weighted by Gasteiger charge is 2.34. The fourth-order valence-electron chi connectivity index (χ4n) is 3.95. The van der Waals surface area contributed by atoms with Gasteiger partial charge in [0.15, 0.2) is 0 Å². The number of nitrogens with zero attached hydrogens (tertiary/aromatic N) is 1. The molecule has 2 amide bonds. The van der Waals surface area contributed by atoms with Gasteiger partial charge in [-0.15, -0.1) is 0 Å². The third kappa shape index (κ3) is 3.69. The van der Waals surface area contributed by atoms with Crippen molar-refractivity contribution in [1.29, 1.82) is 0 Å². The molecule has 0 unspecified atom stereocenters. The number of benzene rings is 1. The van der Waals surface area contributed by atoms with E-state index < -0.39 is 0 Å². The summed E-state index contributed by atoms with van der Waals surface area (Å²) in [5.74, 6) is -0.379. The van der Waals surface area contributed by atoms with Crippen LogP contribution in [0, 0.1) is 0 Å². The van der Waals surface area contributed by atoms with E-state index in [2.05, 4.69) is 41.5 Å². The molecule has 1 aliphatic rings. The summed E-state index contributed by atoms with van der Waals surface area (Å²) in [5, 5.41) is 11.1. The fourth-order valence-corrected chi connectivity index (χ4v) is 3.95. The van der Waals surface area contributed by atoms with E-state index in [1.807, 2.05) is 0 Å². The molecule has 1 aliphatic heterocycles. The summed E-state index contributed by atoms with van der Waals surface area (Å²) in [4.78, 5) is 25.6. The van der Waals surface area contributed by atoms with Crippen LogP contribution in [0.2, 0.25) is 0 Å². The van der Waals surface area contributed by atoms with Crippen LogP contribution < -0.4 is 4.90 Å².